The second-order valence-corrected chi connectivity index (χ2v) is 7.84. The van der Waals surface area contributed by atoms with Crippen LogP contribution in [0.3, 0.4) is 0 Å². The van der Waals surface area contributed by atoms with Crippen LogP contribution in [0, 0.1) is 5.92 Å². The van der Waals surface area contributed by atoms with Gasteiger partial charge in [-0.25, -0.2) is 4.98 Å². The van der Waals surface area contributed by atoms with E-state index in [0.717, 1.165) is 0 Å². The van der Waals surface area contributed by atoms with Crippen LogP contribution in [0.2, 0.25) is 5.28 Å². The van der Waals surface area contributed by atoms with E-state index in [9.17, 15) is 17.1 Å². The van der Waals surface area contributed by atoms with E-state index in [1.165, 1.54) is 4.90 Å². The van der Waals surface area contributed by atoms with E-state index >= 15 is 0 Å². The molecule has 1 unspecified atom stereocenters. The van der Waals surface area contributed by atoms with Gasteiger partial charge < -0.3 is 0 Å². The summed E-state index contributed by atoms with van der Waals surface area (Å²) in [4.78, 5) is 21.8. The van der Waals surface area contributed by atoms with Gasteiger partial charge in [0.2, 0.25) is 11.2 Å². The maximum atomic E-state index is 12.9. The summed E-state index contributed by atoms with van der Waals surface area (Å²) in [6, 6.07) is 5.27. The zero-order valence-electron chi connectivity index (χ0n) is 11.5. The smallest absolute Gasteiger partial charge is 0.296 e. The summed E-state index contributed by atoms with van der Waals surface area (Å²) in [5, 5.41) is 0.564. The van der Waals surface area contributed by atoms with Gasteiger partial charge in [-0.05, 0) is 39.7 Å². The molecule has 1 saturated heterocycles. The molecular formula is C13H10BrClFN3O3S. The van der Waals surface area contributed by atoms with E-state index in [1.54, 1.807) is 18.2 Å². The highest BCUT2D eigenvalue weighted by molar-refractivity contribution is 9.10. The molecule has 1 aliphatic rings. The highest BCUT2D eigenvalue weighted by Crippen LogP contribution is 2.33. The Bertz CT molecular complexity index is 909. The van der Waals surface area contributed by atoms with Gasteiger partial charge in [-0.3, -0.25) is 9.69 Å². The number of aromatic nitrogens is 2. The SMILES string of the molecule is O=C1CC(CS(=O)(=O)F)CN1c1nc(Cl)nc2c(Br)cccc12. The number of anilines is 1. The number of benzene rings is 1. The highest BCUT2D eigenvalue weighted by Gasteiger charge is 2.35. The first kappa shape index (κ1) is 16.5. The molecule has 1 aliphatic heterocycles. The summed E-state index contributed by atoms with van der Waals surface area (Å²) in [5.74, 6) is -1.33. The minimum atomic E-state index is -4.64. The zero-order valence-corrected chi connectivity index (χ0v) is 14.7. The van der Waals surface area contributed by atoms with Crippen molar-refractivity contribution >= 4 is 60.4 Å². The Hall–Kier alpha value is -1.32. The molecule has 23 heavy (non-hydrogen) atoms. The molecule has 1 aromatic carbocycles. The zero-order chi connectivity index (χ0) is 16.8. The standard InChI is InChI=1S/C13H10BrClFN3O3S/c14-9-3-1-2-8-11(9)17-13(15)18-12(8)19-5-7(4-10(19)20)6-23(16,21)22/h1-3,7H,4-6H2. The van der Waals surface area contributed by atoms with Gasteiger partial charge in [0, 0.05) is 28.7 Å². The molecule has 2 heterocycles. The highest BCUT2D eigenvalue weighted by atomic mass is 79.9. The predicted molar refractivity (Wildman–Crippen MR) is 87.6 cm³/mol. The summed E-state index contributed by atoms with van der Waals surface area (Å²) in [5.41, 5.74) is 0.539. The lowest BCUT2D eigenvalue weighted by Gasteiger charge is -2.17. The van der Waals surface area contributed by atoms with Crippen LogP contribution in [0.4, 0.5) is 9.70 Å². The average molecular weight is 423 g/mol. The second-order valence-electron chi connectivity index (χ2n) is 5.23. The van der Waals surface area contributed by atoms with E-state index in [1.807, 2.05) is 0 Å². The fourth-order valence-electron chi connectivity index (χ4n) is 2.66. The Balaban J connectivity index is 2.04. The van der Waals surface area contributed by atoms with Crippen molar-refractivity contribution in [3.8, 4) is 0 Å². The van der Waals surface area contributed by atoms with Crippen LogP contribution in [0.5, 0.6) is 0 Å². The van der Waals surface area contributed by atoms with Gasteiger partial charge in [0.05, 0.1) is 11.3 Å². The largest absolute Gasteiger partial charge is 0.302 e. The fraction of sp³-hybridized carbons (Fsp3) is 0.308. The van der Waals surface area contributed by atoms with Gasteiger partial charge in [-0.15, -0.1) is 3.89 Å². The number of halogens is 3. The summed E-state index contributed by atoms with van der Waals surface area (Å²) < 4.78 is 35.1. The molecule has 1 amide bonds. The predicted octanol–water partition coefficient (Wildman–Crippen LogP) is 2.70. The lowest BCUT2D eigenvalue weighted by molar-refractivity contribution is -0.117. The van der Waals surface area contributed by atoms with Crippen LogP contribution >= 0.6 is 27.5 Å². The van der Waals surface area contributed by atoms with Crippen molar-refractivity contribution in [2.75, 3.05) is 17.2 Å². The Morgan fingerprint density at radius 3 is 2.83 bits per heavy atom. The van der Waals surface area contributed by atoms with Crippen LogP contribution < -0.4 is 4.90 Å². The molecule has 122 valence electrons. The average Bonchev–Trinajstić information content (AvgIpc) is 2.77. The van der Waals surface area contributed by atoms with E-state index < -0.39 is 21.9 Å². The van der Waals surface area contributed by atoms with E-state index in [0.29, 0.717) is 21.2 Å². The molecule has 10 heteroatoms. The first-order chi connectivity index (χ1) is 10.7. The summed E-state index contributed by atoms with van der Waals surface area (Å²) in [7, 11) is -4.64. The molecule has 6 nitrogen and oxygen atoms in total. The van der Waals surface area contributed by atoms with Gasteiger partial charge in [0.1, 0.15) is 5.82 Å². The minimum absolute atomic E-state index is 0.0336. The maximum absolute atomic E-state index is 12.9. The topological polar surface area (TPSA) is 80.2 Å². The first-order valence-electron chi connectivity index (χ1n) is 6.59. The molecule has 0 N–H and O–H groups in total. The Morgan fingerprint density at radius 1 is 1.39 bits per heavy atom. The van der Waals surface area contributed by atoms with Crippen molar-refractivity contribution in [3.63, 3.8) is 0 Å². The number of carbonyl (C=O) groups excluding carboxylic acids is 1. The molecule has 1 fully saturated rings. The second kappa shape index (κ2) is 5.95. The summed E-state index contributed by atoms with van der Waals surface area (Å²) in [6.07, 6.45) is -0.0553. The molecule has 1 atom stereocenters. The monoisotopic (exact) mass is 421 g/mol. The fourth-order valence-corrected chi connectivity index (χ4v) is 4.07. The van der Waals surface area contributed by atoms with Crippen molar-refractivity contribution in [1.82, 2.24) is 9.97 Å². The minimum Gasteiger partial charge on any atom is -0.296 e. The van der Waals surface area contributed by atoms with Gasteiger partial charge in [-0.2, -0.15) is 13.4 Å². The van der Waals surface area contributed by atoms with Gasteiger partial charge in [0.25, 0.3) is 0 Å². The third-order valence-corrected chi connectivity index (χ3v) is 5.20. The molecule has 0 radical (unpaired) electrons. The Kier molecular flexibility index (Phi) is 4.28. The number of nitrogens with zero attached hydrogens (tertiary/aromatic N) is 3. The summed E-state index contributed by atoms with van der Waals surface area (Å²) in [6.45, 7) is 0.0664. The van der Waals surface area contributed by atoms with Gasteiger partial charge in [0.15, 0.2) is 0 Å². The van der Waals surface area contributed by atoms with Gasteiger partial charge >= 0.3 is 10.2 Å². The van der Waals surface area contributed by atoms with E-state index in [-0.39, 0.29) is 24.2 Å². The van der Waals surface area contributed by atoms with Crippen molar-refractivity contribution in [2.24, 2.45) is 5.92 Å². The maximum Gasteiger partial charge on any atom is 0.302 e. The molecule has 0 spiro atoms. The molecule has 3 rings (SSSR count). The lowest BCUT2D eigenvalue weighted by atomic mass is 10.1. The number of para-hydroxylation sites is 1. The van der Waals surface area contributed by atoms with Crippen LogP contribution in [0.1, 0.15) is 6.42 Å². The van der Waals surface area contributed by atoms with Crippen molar-refractivity contribution in [2.45, 2.75) is 6.42 Å². The number of hydrogen-bond acceptors (Lipinski definition) is 5. The summed E-state index contributed by atoms with van der Waals surface area (Å²) >= 11 is 9.29. The van der Waals surface area contributed by atoms with Crippen LogP contribution in [-0.2, 0) is 15.0 Å². The molecule has 0 aliphatic carbocycles. The number of amides is 1. The van der Waals surface area contributed by atoms with E-state index in [4.69, 9.17) is 11.6 Å². The first-order valence-corrected chi connectivity index (χ1v) is 9.31. The molecule has 0 bridgehead atoms. The molecular weight excluding hydrogens is 413 g/mol. The van der Waals surface area contributed by atoms with Crippen LogP contribution in [0.25, 0.3) is 10.9 Å². The quantitative estimate of drug-likeness (QED) is 0.561. The van der Waals surface area contributed by atoms with Crippen molar-refractivity contribution < 1.29 is 17.1 Å². The Labute approximate surface area is 145 Å². The molecule has 1 aromatic heterocycles. The Morgan fingerprint density at radius 2 is 2.13 bits per heavy atom. The van der Waals surface area contributed by atoms with Crippen molar-refractivity contribution in [3.05, 3.63) is 28.0 Å². The third kappa shape index (κ3) is 3.46. The van der Waals surface area contributed by atoms with Crippen LogP contribution in [0.15, 0.2) is 22.7 Å². The number of hydrogen-bond donors (Lipinski definition) is 0. The van der Waals surface area contributed by atoms with Crippen LogP contribution in [-0.4, -0.2) is 36.6 Å². The number of rotatable bonds is 3. The number of fused-ring (bicyclic) bond motifs is 1. The molecule has 0 saturated carbocycles. The third-order valence-electron chi connectivity index (χ3n) is 3.53. The normalized spacial score (nSPS) is 18.8. The van der Waals surface area contributed by atoms with Crippen molar-refractivity contribution in [1.29, 1.82) is 0 Å². The number of carbonyl (C=O) groups is 1. The van der Waals surface area contributed by atoms with E-state index in [2.05, 4.69) is 25.9 Å². The van der Waals surface area contributed by atoms with Gasteiger partial charge in [-0.1, -0.05) is 6.07 Å². The lowest BCUT2D eigenvalue weighted by Crippen LogP contribution is -2.26. The molecule has 2 aromatic rings.